The maximum absolute atomic E-state index is 6.77. The summed E-state index contributed by atoms with van der Waals surface area (Å²) in [5, 5.41) is 0. The Hall–Kier alpha value is -4.00. The van der Waals surface area contributed by atoms with Crippen molar-refractivity contribution in [2.24, 2.45) is 47.3 Å². The number of fused-ring (bicyclic) bond motifs is 4. The molecule has 3 aromatic rings. The predicted molar refractivity (Wildman–Crippen MR) is 181 cm³/mol. The van der Waals surface area contributed by atoms with E-state index in [0.29, 0.717) is 60.6 Å². The molecule has 0 spiro atoms. The Bertz CT molecular complexity index is 1690. The number of benzene rings is 1. The lowest BCUT2D eigenvalue weighted by atomic mass is 9.52. The number of pyridine rings is 2. The SMILES string of the molecule is COc1c2c(c(OC)c3c1[C@@H]1C=C[C@H]3[C@@H]3[C@H]1[C@@H]1C=C[C@H]3C1OCc1ccncc1)[C@@H]1C=C[C@H]2[C@@H]2[C@H]1[C@@H]1C=C[C@H]2C1OCc1ccncc1. The largest absolute Gasteiger partial charge is 0.496 e. The molecule has 13 rings (SSSR count). The van der Waals surface area contributed by atoms with Gasteiger partial charge in [-0.15, -0.1) is 0 Å². The fourth-order valence-electron chi connectivity index (χ4n) is 12.3. The molecule has 0 aliphatic heterocycles. The highest BCUT2D eigenvalue weighted by Crippen LogP contribution is 2.73. The Balaban J connectivity index is 0.978. The van der Waals surface area contributed by atoms with Gasteiger partial charge in [-0.1, -0.05) is 48.6 Å². The number of rotatable bonds is 8. The topological polar surface area (TPSA) is 62.7 Å². The molecule has 14 atom stereocenters. The first-order chi connectivity index (χ1) is 23.8. The second-order valence-electron chi connectivity index (χ2n) is 15.2. The van der Waals surface area contributed by atoms with Crippen molar-refractivity contribution < 1.29 is 18.9 Å². The summed E-state index contributed by atoms with van der Waals surface area (Å²) in [5.74, 6) is 6.98. The number of hydrogen-bond donors (Lipinski definition) is 0. The van der Waals surface area contributed by atoms with Crippen molar-refractivity contribution in [3.8, 4) is 11.5 Å². The Morgan fingerprint density at radius 3 is 1.06 bits per heavy atom. The standard InChI is InChI=1S/C42H40N2O4/c1-45-41-35-23-3-5-25(33-29-9-7-27(31(23)33)39(29)47-19-21-11-15-43-16-12-21)37(35)42(46-2)38-26-6-4-24(36(38)41)32-28-8-10-30(34(26)32)40(28)48-20-22-13-17-44-18-14-22/h3-18,23-34,39-40H,19-20H2,1-2H3/t23-,24+,25+,26-,27+,28-,29-,30+,31-,32+,33+,34-,39?,40?. The van der Waals surface area contributed by atoms with E-state index in [1.165, 1.54) is 33.4 Å². The van der Waals surface area contributed by atoms with Crippen molar-refractivity contribution in [3.05, 3.63) is 131 Å². The van der Waals surface area contributed by atoms with E-state index in [2.05, 4.69) is 82.8 Å². The maximum Gasteiger partial charge on any atom is 0.127 e. The average molecular weight is 637 g/mol. The van der Waals surface area contributed by atoms with Gasteiger partial charge in [0, 0.05) is 94.4 Å². The molecule has 2 aromatic heterocycles. The first-order valence-corrected chi connectivity index (χ1v) is 17.8. The second-order valence-corrected chi connectivity index (χ2v) is 15.2. The van der Waals surface area contributed by atoms with Gasteiger partial charge in [0.25, 0.3) is 0 Å². The van der Waals surface area contributed by atoms with Gasteiger partial charge in [-0.3, -0.25) is 9.97 Å². The molecule has 8 bridgehead atoms. The van der Waals surface area contributed by atoms with Crippen molar-refractivity contribution >= 4 is 0 Å². The third-order valence-electron chi connectivity index (χ3n) is 13.7. The first-order valence-electron chi connectivity index (χ1n) is 17.8. The van der Waals surface area contributed by atoms with Crippen molar-refractivity contribution in [2.75, 3.05) is 14.2 Å². The summed E-state index contributed by atoms with van der Waals surface area (Å²) in [6.45, 7) is 1.25. The molecule has 6 heteroatoms. The summed E-state index contributed by atoms with van der Waals surface area (Å²) in [5.41, 5.74) is 7.91. The highest BCUT2D eigenvalue weighted by atomic mass is 16.5. The smallest absolute Gasteiger partial charge is 0.127 e. The van der Waals surface area contributed by atoms with E-state index >= 15 is 0 Å². The number of hydrogen-bond acceptors (Lipinski definition) is 6. The zero-order valence-corrected chi connectivity index (χ0v) is 27.3. The normalized spacial score (nSPS) is 40.3. The molecule has 242 valence electrons. The predicted octanol–water partition coefficient (Wildman–Crippen LogP) is 7.26. The summed E-state index contributed by atoms with van der Waals surface area (Å²) >= 11 is 0. The lowest BCUT2D eigenvalue weighted by Gasteiger charge is -2.52. The Kier molecular flexibility index (Phi) is 5.96. The van der Waals surface area contributed by atoms with Crippen molar-refractivity contribution in [1.29, 1.82) is 0 Å². The molecule has 1 aromatic carbocycles. The summed E-state index contributed by atoms with van der Waals surface area (Å²) in [6.07, 6.45) is 27.7. The van der Waals surface area contributed by atoms with Crippen LogP contribution in [0, 0.1) is 47.3 Å². The monoisotopic (exact) mass is 636 g/mol. The lowest BCUT2D eigenvalue weighted by Crippen LogP contribution is -2.41. The molecule has 10 aliphatic carbocycles. The third-order valence-corrected chi connectivity index (χ3v) is 13.7. The summed E-state index contributed by atoms with van der Waals surface area (Å²) in [7, 11) is 3.80. The Morgan fingerprint density at radius 2 is 0.771 bits per heavy atom. The van der Waals surface area contributed by atoms with Crippen LogP contribution in [0.3, 0.4) is 0 Å². The Morgan fingerprint density at radius 1 is 0.458 bits per heavy atom. The fourth-order valence-corrected chi connectivity index (χ4v) is 12.3. The molecule has 2 heterocycles. The number of allylic oxidation sites excluding steroid dienone is 4. The molecule has 10 aliphatic rings. The van der Waals surface area contributed by atoms with Crippen LogP contribution < -0.4 is 9.47 Å². The first kappa shape index (κ1) is 27.9. The molecule has 2 fully saturated rings. The quantitative estimate of drug-likeness (QED) is 0.243. The zero-order chi connectivity index (χ0) is 31.7. The molecule has 0 N–H and O–H groups in total. The zero-order valence-electron chi connectivity index (χ0n) is 27.3. The summed E-state index contributed by atoms with van der Waals surface area (Å²) in [4.78, 5) is 8.39. The van der Waals surface area contributed by atoms with Gasteiger partial charge in [-0.05, 0) is 59.1 Å². The molecule has 2 saturated carbocycles. The van der Waals surface area contributed by atoms with E-state index in [9.17, 15) is 0 Å². The minimum absolute atomic E-state index is 0.196. The van der Waals surface area contributed by atoms with Gasteiger partial charge < -0.3 is 18.9 Å². The minimum Gasteiger partial charge on any atom is -0.496 e. The van der Waals surface area contributed by atoms with Crippen LogP contribution in [-0.4, -0.2) is 36.4 Å². The highest BCUT2D eigenvalue weighted by Gasteiger charge is 2.65. The molecule has 0 saturated heterocycles. The number of methoxy groups -OCH3 is 2. The van der Waals surface area contributed by atoms with E-state index in [-0.39, 0.29) is 35.9 Å². The van der Waals surface area contributed by atoms with Crippen LogP contribution in [0.4, 0.5) is 0 Å². The van der Waals surface area contributed by atoms with Gasteiger partial charge in [-0.25, -0.2) is 0 Å². The van der Waals surface area contributed by atoms with Crippen molar-refractivity contribution in [3.63, 3.8) is 0 Å². The molecule has 0 radical (unpaired) electrons. The highest BCUT2D eigenvalue weighted by molar-refractivity contribution is 5.71. The van der Waals surface area contributed by atoms with Crippen LogP contribution in [-0.2, 0) is 22.7 Å². The van der Waals surface area contributed by atoms with E-state index in [0.717, 1.165) is 11.5 Å². The minimum atomic E-state index is 0.196. The third kappa shape index (κ3) is 3.50. The average Bonchev–Trinajstić information content (AvgIpc) is 3.92. The maximum atomic E-state index is 6.77. The summed E-state index contributed by atoms with van der Waals surface area (Å²) < 4.78 is 26.8. The molecule has 6 nitrogen and oxygen atoms in total. The van der Waals surface area contributed by atoms with Crippen LogP contribution in [0.2, 0.25) is 0 Å². The van der Waals surface area contributed by atoms with E-state index in [1.54, 1.807) is 0 Å². The van der Waals surface area contributed by atoms with Crippen LogP contribution in [0.15, 0.2) is 97.7 Å². The molecule has 48 heavy (non-hydrogen) atoms. The molecule has 0 amide bonds. The fraction of sp³-hybridized carbons (Fsp3) is 0.429. The van der Waals surface area contributed by atoms with E-state index in [4.69, 9.17) is 18.9 Å². The molecular weight excluding hydrogens is 596 g/mol. The van der Waals surface area contributed by atoms with Crippen LogP contribution >= 0.6 is 0 Å². The van der Waals surface area contributed by atoms with Crippen LogP contribution in [0.1, 0.15) is 57.1 Å². The lowest BCUT2D eigenvalue weighted by molar-refractivity contribution is 0.0106. The molecular formula is C42H40N2O4. The second kappa shape index (κ2) is 10.3. The van der Waals surface area contributed by atoms with Gasteiger partial charge in [0.05, 0.1) is 39.6 Å². The van der Waals surface area contributed by atoms with Gasteiger partial charge in [-0.2, -0.15) is 0 Å². The van der Waals surface area contributed by atoms with Gasteiger partial charge >= 0.3 is 0 Å². The van der Waals surface area contributed by atoms with Gasteiger partial charge in [0.2, 0.25) is 0 Å². The van der Waals surface area contributed by atoms with E-state index < -0.39 is 0 Å². The van der Waals surface area contributed by atoms with Crippen LogP contribution in [0.5, 0.6) is 11.5 Å². The summed E-state index contributed by atoms with van der Waals surface area (Å²) in [6, 6.07) is 8.25. The van der Waals surface area contributed by atoms with E-state index in [1.807, 2.05) is 39.0 Å². The van der Waals surface area contributed by atoms with Crippen LogP contribution in [0.25, 0.3) is 0 Å². The number of aromatic nitrogens is 2. The van der Waals surface area contributed by atoms with Gasteiger partial charge in [0.1, 0.15) is 11.5 Å². The Labute approximate surface area is 281 Å². The van der Waals surface area contributed by atoms with Crippen molar-refractivity contribution in [2.45, 2.75) is 49.1 Å². The number of ether oxygens (including phenoxy) is 4. The number of nitrogens with zero attached hydrogens (tertiary/aromatic N) is 2. The van der Waals surface area contributed by atoms with Crippen molar-refractivity contribution in [1.82, 2.24) is 9.97 Å². The van der Waals surface area contributed by atoms with Gasteiger partial charge in [0.15, 0.2) is 0 Å². The molecule has 2 unspecified atom stereocenters.